The minimum absolute atomic E-state index is 0.00982. The Morgan fingerprint density at radius 3 is 2.89 bits per heavy atom. The Balaban J connectivity index is 2.14. The maximum absolute atomic E-state index is 9.41. The first-order valence-electron chi connectivity index (χ1n) is 6.26. The maximum atomic E-state index is 9.41. The molecule has 1 aromatic heterocycles. The van der Waals surface area contributed by atoms with Gasteiger partial charge >= 0.3 is 0 Å². The van der Waals surface area contributed by atoms with Crippen LogP contribution < -0.4 is 0 Å². The normalized spacial score (nSPS) is 14.6. The molecule has 1 N–H and O–H groups in total. The molecule has 0 spiro atoms. The van der Waals surface area contributed by atoms with Gasteiger partial charge in [0.2, 0.25) is 0 Å². The fourth-order valence-electron chi connectivity index (χ4n) is 2.62. The van der Waals surface area contributed by atoms with Crippen molar-refractivity contribution in [3.8, 4) is 5.69 Å². The molecule has 4 heteroatoms. The van der Waals surface area contributed by atoms with E-state index in [2.05, 4.69) is 5.10 Å². The van der Waals surface area contributed by atoms with Crippen molar-refractivity contribution in [3.05, 3.63) is 46.2 Å². The van der Waals surface area contributed by atoms with Crippen molar-refractivity contribution in [2.45, 2.75) is 32.3 Å². The van der Waals surface area contributed by atoms with E-state index in [0.717, 1.165) is 24.2 Å². The molecule has 0 radical (unpaired) electrons. The van der Waals surface area contributed by atoms with Gasteiger partial charge < -0.3 is 5.11 Å². The van der Waals surface area contributed by atoms with Gasteiger partial charge in [0, 0.05) is 10.7 Å². The lowest BCUT2D eigenvalue weighted by molar-refractivity contribution is 0.275. The molecule has 3 nitrogen and oxygen atoms in total. The number of aromatic nitrogens is 2. The number of fused-ring (bicyclic) bond motifs is 1. The minimum Gasteiger partial charge on any atom is -0.390 e. The molecule has 94 valence electrons. The number of halogens is 1. The van der Waals surface area contributed by atoms with Crippen molar-refractivity contribution in [1.29, 1.82) is 0 Å². The fourth-order valence-corrected chi connectivity index (χ4v) is 2.81. The highest BCUT2D eigenvalue weighted by atomic mass is 35.5. The second-order valence-corrected chi connectivity index (χ2v) is 5.07. The number of benzene rings is 1. The SMILES string of the molecule is OCc1nn(-c2cccc(Cl)c2)c2c1CCCC2. The summed E-state index contributed by atoms with van der Waals surface area (Å²) in [4.78, 5) is 0. The standard InChI is InChI=1S/C14H15ClN2O/c15-10-4-3-5-11(8-10)17-14-7-2-1-6-12(14)13(9-18)16-17/h3-5,8,18H,1-2,6-7,9H2. The summed E-state index contributed by atoms with van der Waals surface area (Å²) in [5.41, 5.74) is 4.24. The third-order valence-electron chi connectivity index (χ3n) is 3.47. The highest BCUT2D eigenvalue weighted by Crippen LogP contribution is 2.27. The van der Waals surface area contributed by atoms with Gasteiger partial charge in [-0.3, -0.25) is 0 Å². The monoisotopic (exact) mass is 262 g/mol. The first-order valence-corrected chi connectivity index (χ1v) is 6.64. The summed E-state index contributed by atoms with van der Waals surface area (Å²) in [5.74, 6) is 0. The summed E-state index contributed by atoms with van der Waals surface area (Å²) in [6, 6.07) is 7.68. The molecule has 0 saturated heterocycles. The second-order valence-electron chi connectivity index (χ2n) is 4.63. The molecule has 0 aliphatic heterocycles. The Labute approximate surface area is 111 Å². The van der Waals surface area contributed by atoms with Crippen LogP contribution in [0, 0.1) is 0 Å². The average molecular weight is 263 g/mol. The summed E-state index contributed by atoms with van der Waals surface area (Å²) >= 11 is 6.03. The average Bonchev–Trinajstić information content (AvgIpc) is 2.77. The van der Waals surface area contributed by atoms with Crippen LogP contribution in [0.25, 0.3) is 5.69 Å². The van der Waals surface area contributed by atoms with E-state index in [1.165, 1.54) is 24.1 Å². The van der Waals surface area contributed by atoms with E-state index in [4.69, 9.17) is 11.6 Å². The Morgan fingerprint density at radius 1 is 1.28 bits per heavy atom. The number of nitrogens with zero attached hydrogens (tertiary/aromatic N) is 2. The van der Waals surface area contributed by atoms with Crippen LogP contribution in [0.15, 0.2) is 24.3 Å². The molecule has 18 heavy (non-hydrogen) atoms. The van der Waals surface area contributed by atoms with Gasteiger partial charge in [-0.05, 0) is 49.4 Å². The Bertz CT molecular complexity index is 577. The summed E-state index contributed by atoms with van der Waals surface area (Å²) in [5, 5.41) is 14.6. The van der Waals surface area contributed by atoms with Gasteiger partial charge in [0.05, 0.1) is 18.0 Å². The highest BCUT2D eigenvalue weighted by molar-refractivity contribution is 6.30. The first-order chi connectivity index (χ1) is 8.79. The van der Waals surface area contributed by atoms with Crippen LogP contribution in [-0.2, 0) is 19.4 Å². The molecule has 0 bridgehead atoms. The van der Waals surface area contributed by atoms with Crippen LogP contribution in [0.1, 0.15) is 29.8 Å². The quantitative estimate of drug-likeness (QED) is 0.904. The Morgan fingerprint density at radius 2 is 2.11 bits per heavy atom. The van der Waals surface area contributed by atoms with Crippen LogP contribution in [0.5, 0.6) is 0 Å². The molecule has 3 rings (SSSR count). The van der Waals surface area contributed by atoms with E-state index < -0.39 is 0 Å². The molecular weight excluding hydrogens is 248 g/mol. The van der Waals surface area contributed by atoms with Crippen molar-refractivity contribution in [2.24, 2.45) is 0 Å². The van der Waals surface area contributed by atoms with Crippen LogP contribution in [0.2, 0.25) is 5.02 Å². The van der Waals surface area contributed by atoms with Gasteiger partial charge in [-0.15, -0.1) is 0 Å². The number of aliphatic hydroxyl groups excluding tert-OH is 1. The predicted molar refractivity (Wildman–Crippen MR) is 71.1 cm³/mol. The second kappa shape index (κ2) is 4.75. The van der Waals surface area contributed by atoms with Crippen LogP contribution in [-0.4, -0.2) is 14.9 Å². The molecule has 0 saturated carbocycles. The molecule has 1 aliphatic carbocycles. The number of hydrogen-bond acceptors (Lipinski definition) is 2. The number of hydrogen-bond donors (Lipinski definition) is 1. The van der Waals surface area contributed by atoms with Crippen LogP contribution in [0.4, 0.5) is 0 Å². The predicted octanol–water partition coefficient (Wildman–Crippen LogP) is 2.90. The van der Waals surface area contributed by atoms with Crippen LogP contribution in [0.3, 0.4) is 0 Å². The largest absolute Gasteiger partial charge is 0.390 e. The molecule has 1 aromatic carbocycles. The van der Waals surface area contributed by atoms with Crippen molar-refractivity contribution < 1.29 is 5.11 Å². The first kappa shape index (κ1) is 11.8. The molecular formula is C14H15ClN2O. The van der Waals surface area contributed by atoms with E-state index in [-0.39, 0.29) is 6.61 Å². The minimum atomic E-state index is 0.00982. The van der Waals surface area contributed by atoms with Gasteiger partial charge in [0.25, 0.3) is 0 Å². The zero-order valence-corrected chi connectivity index (χ0v) is 10.8. The smallest absolute Gasteiger partial charge is 0.0918 e. The molecule has 2 aromatic rings. The maximum Gasteiger partial charge on any atom is 0.0918 e. The fraction of sp³-hybridized carbons (Fsp3) is 0.357. The van der Waals surface area contributed by atoms with Crippen LogP contribution >= 0.6 is 11.6 Å². The zero-order chi connectivity index (χ0) is 12.5. The van der Waals surface area contributed by atoms with Gasteiger partial charge in [-0.1, -0.05) is 17.7 Å². The van der Waals surface area contributed by atoms with Crippen molar-refractivity contribution in [3.63, 3.8) is 0 Å². The molecule has 1 aliphatic rings. The van der Waals surface area contributed by atoms with E-state index in [0.29, 0.717) is 5.02 Å². The van der Waals surface area contributed by atoms with E-state index in [1.807, 2.05) is 28.9 Å². The van der Waals surface area contributed by atoms with Gasteiger partial charge in [0.15, 0.2) is 0 Å². The van der Waals surface area contributed by atoms with Gasteiger partial charge in [0.1, 0.15) is 0 Å². The Hall–Kier alpha value is -1.32. The number of aliphatic hydroxyl groups is 1. The molecule has 0 fully saturated rings. The number of rotatable bonds is 2. The molecule has 0 unspecified atom stereocenters. The zero-order valence-electron chi connectivity index (χ0n) is 10.1. The summed E-state index contributed by atoms with van der Waals surface area (Å²) in [7, 11) is 0. The summed E-state index contributed by atoms with van der Waals surface area (Å²) in [6.07, 6.45) is 4.41. The van der Waals surface area contributed by atoms with Gasteiger partial charge in [-0.25, -0.2) is 4.68 Å². The van der Waals surface area contributed by atoms with E-state index in [1.54, 1.807) is 0 Å². The van der Waals surface area contributed by atoms with E-state index >= 15 is 0 Å². The lowest BCUT2D eigenvalue weighted by Crippen LogP contribution is -2.07. The van der Waals surface area contributed by atoms with Crippen molar-refractivity contribution in [2.75, 3.05) is 0 Å². The molecule has 0 amide bonds. The third-order valence-corrected chi connectivity index (χ3v) is 3.70. The van der Waals surface area contributed by atoms with Gasteiger partial charge in [-0.2, -0.15) is 5.10 Å². The Kier molecular flexibility index (Phi) is 3.10. The third kappa shape index (κ3) is 1.93. The topological polar surface area (TPSA) is 38.1 Å². The van der Waals surface area contributed by atoms with Crippen molar-refractivity contribution >= 4 is 11.6 Å². The highest BCUT2D eigenvalue weighted by Gasteiger charge is 2.20. The summed E-state index contributed by atoms with van der Waals surface area (Å²) in [6.45, 7) is 0.00982. The lowest BCUT2D eigenvalue weighted by Gasteiger charge is -2.14. The molecule has 1 heterocycles. The van der Waals surface area contributed by atoms with E-state index in [9.17, 15) is 5.11 Å². The summed E-state index contributed by atoms with van der Waals surface area (Å²) < 4.78 is 1.94. The molecule has 0 atom stereocenters. The lowest BCUT2D eigenvalue weighted by atomic mass is 9.96. The van der Waals surface area contributed by atoms with Crippen molar-refractivity contribution in [1.82, 2.24) is 9.78 Å².